The summed E-state index contributed by atoms with van der Waals surface area (Å²) in [5.74, 6) is -0.210. The number of hydrogen-bond acceptors (Lipinski definition) is 11. The number of H-pyrrole nitrogens is 1. The van der Waals surface area contributed by atoms with Gasteiger partial charge in [0.1, 0.15) is 22.8 Å². The highest BCUT2D eigenvalue weighted by Gasteiger charge is 2.43. The largest absolute Gasteiger partial charge is 0.455 e. The molecule has 64 heavy (non-hydrogen) atoms. The number of nitrogens with zero attached hydrogens (tertiary/aromatic N) is 4. The summed E-state index contributed by atoms with van der Waals surface area (Å²) in [5, 5.41) is 16.7. The zero-order valence-corrected chi connectivity index (χ0v) is 38.5. The Bertz CT molecular complexity index is 2690. The summed E-state index contributed by atoms with van der Waals surface area (Å²) in [6, 6.07) is 20.7. The molecule has 1 amide bonds. The van der Waals surface area contributed by atoms with Crippen LogP contribution in [0.15, 0.2) is 95.7 Å². The number of hydrogen-bond donors (Lipinski definition) is 3. The van der Waals surface area contributed by atoms with E-state index in [1.165, 1.54) is 35.0 Å². The van der Waals surface area contributed by atoms with Crippen LogP contribution in [0.5, 0.6) is 11.5 Å². The number of allylic oxidation sites excluding steroid dienone is 1. The number of benzene rings is 3. The fraction of sp³-hybridized carbons (Fsp3) is 0.417. The molecule has 3 aromatic carbocycles. The van der Waals surface area contributed by atoms with Gasteiger partial charge in [0.25, 0.3) is 21.6 Å². The van der Waals surface area contributed by atoms with Gasteiger partial charge in [-0.25, -0.2) is 18.1 Å². The molecule has 3 aliphatic rings. The van der Waals surface area contributed by atoms with Crippen molar-refractivity contribution in [2.24, 2.45) is 16.7 Å². The van der Waals surface area contributed by atoms with Crippen molar-refractivity contribution in [3.63, 3.8) is 0 Å². The van der Waals surface area contributed by atoms with Crippen molar-refractivity contribution in [1.82, 2.24) is 19.6 Å². The predicted octanol–water partition coefficient (Wildman–Crippen LogP) is 9.68. The molecule has 1 aliphatic carbocycles. The maximum atomic E-state index is 14.0. The van der Waals surface area contributed by atoms with Crippen molar-refractivity contribution >= 4 is 61.2 Å². The number of aromatic nitrogens is 2. The molecule has 0 saturated carbocycles. The van der Waals surface area contributed by atoms with Gasteiger partial charge in [0, 0.05) is 86.4 Å². The van der Waals surface area contributed by atoms with Gasteiger partial charge in [0.05, 0.1) is 21.6 Å². The topological polar surface area (TPSA) is 172 Å². The highest BCUT2D eigenvalue weighted by molar-refractivity contribution is 7.90. The van der Waals surface area contributed by atoms with Gasteiger partial charge in [-0.3, -0.25) is 19.8 Å². The molecule has 14 nitrogen and oxygen atoms in total. The molecule has 1 atom stereocenters. The van der Waals surface area contributed by atoms with E-state index in [0.717, 1.165) is 60.9 Å². The second-order valence-electron chi connectivity index (χ2n) is 18.7. The highest BCUT2D eigenvalue weighted by Crippen LogP contribution is 2.54. The summed E-state index contributed by atoms with van der Waals surface area (Å²) in [6.07, 6.45) is 6.90. The highest BCUT2D eigenvalue weighted by atomic mass is 35.5. The number of piperazine rings is 1. The SMILES string of the molecule is C[C@@H]1CN(c2ccc(C(=O)NS(=O)(=O)c3ccc(NCC4CCOCC4)c([N+](=O)[O-])c3)c(Oc3cnc4[nH]ccc4c3)c2)CCN1CC1=C(c2ccc(Cl)cc2)CC(C)(C)C(C)(C)C1. The van der Waals surface area contributed by atoms with Crippen LogP contribution >= 0.6 is 11.6 Å². The van der Waals surface area contributed by atoms with Crippen LogP contribution < -0.4 is 19.7 Å². The van der Waals surface area contributed by atoms with E-state index >= 15 is 0 Å². The lowest BCUT2D eigenvalue weighted by atomic mass is 9.57. The third kappa shape index (κ3) is 9.77. The summed E-state index contributed by atoms with van der Waals surface area (Å²) < 4.78 is 41.4. The Morgan fingerprint density at radius 2 is 1.75 bits per heavy atom. The molecule has 0 radical (unpaired) electrons. The number of halogens is 1. The van der Waals surface area contributed by atoms with Crippen molar-refractivity contribution < 1.29 is 27.6 Å². The Morgan fingerprint density at radius 1 is 1.00 bits per heavy atom. The number of rotatable bonds is 13. The van der Waals surface area contributed by atoms with Crippen LogP contribution in [-0.2, 0) is 14.8 Å². The third-order valence-electron chi connectivity index (χ3n) is 13.7. The van der Waals surface area contributed by atoms with Crippen LogP contribution in [0.2, 0.25) is 5.02 Å². The van der Waals surface area contributed by atoms with Crippen LogP contribution in [0.25, 0.3) is 16.6 Å². The molecule has 5 aromatic rings. The van der Waals surface area contributed by atoms with E-state index < -0.39 is 31.4 Å². The average Bonchev–Trinajstić information content (AvgIpc) is 3.73. The van der Waals surface area contributed by atoms with Gasteiger partial charge >= 0.3 is 0 Å². The zero-order chi connectivity index (χ0) is 45.4. The van der Waals surface area contributed by atoms with Crippen LogP contribution in [0.3, 0.4) is 0 Å². The Kier molecular flexibility index (Phi) is 12.8. The molecule has 2 saturated heterocycles. The number of nitro benzene ring substituents is 1. The van der Waals surface area contributed by atoms with Gasteiger partial charge in [0.15, 0.2) is 0 Å². The van der Waals surface area contributed by atoms with E-state index in [-0.39, 0.29) is 39.8 Å². The molecule has 2 aromatic heterocycles. The molecular formula is C48H56ClN7O7S. The lowest BCUT2D eigenvalue weighted by molar-refractivity contribution is -0.384. The molecule has 8 rings (SSSR count). The first-order valence-corrected chi connectivity index (χ1v) is 23.7. The van der Waals surface area contributed by atoms with E-state index in [1.807, 2.05) is 18.2 Å². The first kappa shape index (κ1) is 45.1. The summed E-state index contributed by atoms with van der Waals surface area (Å²) in [7, 11) is -4.57. The molecule has 4 heterocycles. The minimum absolute atomic E-state index is 0.0399. The lowest BCUT2D eigenvalue weighted by Crippen LogP contribution is -2.53. The van der Waals surface area contributed by atoms with Crippen molar-refractivity contribution in [3.05, 3.63) is 117 Å². The number of anilines is 2. The lowest BCUT2D eigenvalue weighted by Gasteiger charge is -2.49. The van der Waals surface area contributed by atoms with Gasteiger partial charge in [-0.05, 0) is 109 Å². The van der Waals surface area contributed by atoms with E-state index in [9.17, 15) is 23.3 Å². The number of fused-ring (bicyclic) bond motifs is 1. The van der Waals surface area contributed by atoms with E-state index in [1.54, 1.807) is 30.5 Å². The number of carbonyl (C=O) groups excluding carboxylic acids is 1. The second kappa shape index (κ2) is 18.2. The van der Waals surface area contributed by atoms with Gasteiger partial charge in [-0.2, -0.15) is 0 Å². The molecule has 2 fully saturated rings. The van der Waals surface area contributed by atoms with Crippen molar-refractivity contribution in [2.75, 3.05) is 56.2 Å². The first-order chi connectivity index (χ1) is 30.5. The van der Waals surface area contributed by atoms with E-state index in [4.69, 9.17) is 21.1 Å². The minimum atomic E-state index is -4.57. The maximum Gasteiger partial charge on any atom is 0.293 e. The molecule has 2 aliphatic heterocycles. The van der Waals surface area contributed by atoms with Crippen LogP contribution in [0.4, 0.5) is 17.1 Å². The standard InChI is InChI=1S/C48H56ClN7O7S/c1-31-29-55(19-18-54(31)30-35-25-47(2,3)48(4,5)26-41(35)33-6-8-36(49)9-7-33)37-10-12-40(44(23-37)63-38-22-34-14-17-50-45(34)52-28-38)46(57)53-64(60,61)39-11-13-42(43(24-39)56(58)59)51-27-32-15-20-62-21-16-32/h6-14,17,22-24,28,31-32,51H,15-16,18-21,25-27,29-30H2,1-5H3,(H,50,52)(H,53,57)/t31-/m1/s1. The fourth-order valence-electron chi connectivity index (χ4n) is 9.01. The van der Waals surface area contributed by atoms with Gasteiger partial charge in [-0.15, -0.1) is 0 Å². The Hall–Kier alpha value is -5.48. The number of ether oxygens (including phenoxy) is 2. The minimum Gasteiger partial charge on any atom is -0.455 e. The van der Waals surface area contributed by atoms with Crippen molar-refractivity contribution in [3.8, 4) is 11.5 Å². The monoisotopic (exact) mass is 909 g/mol. The fourth-order valence-corrected chi connectivity index (χ4v) is 10.1. The molecule has 0 bridgehead atoms. The summed E-state index contributed by atoms with van der Waals surface area (Å²) >= 11 is 6.30. The van der Waals surface area contributed by atoms with Gasteiger partial charge < -0.3 is 24.7 Å². The number of amides is 1. The molecule has 0 spiro atoms. The van der Waals surface area contributed by atoms with Crippen LogP contribution in [0.1, 0.15) is 76.2 Å². The van der Waals surface area contributed by atoms with Crippen molar-refractivity contribution in [1.29, 1.82) is 0 Å². The maximum absolute atomic E-state index is 14.0. The normalized spacial score (nSPS) is 19.4. The summed E-state index contributed by atoms with van der Waals surface area (Å²) in [5.41, 5.74) is 5.49. The number of carbonyl (C=O) groups is 1. The van der Waals surface area contributed by atoms with Gasteiger partial charge in [0.2, 0.25) is 0 Å². The molecule has 0 unspecified atom stereocenters. The number of nitrogens with one attached hydrogen (secondary N) is 3. The molecular weight excluding hydrogens is 854 g/mol. The van der Waals surface area contributed by atoms with Gasteiger partial charge in [-0.1, -0.05) is 57.0 Å². The van der Waals surface area contributed by atoms with E-state index in [0.29, 0.717) is 44.2 Å². The molecule has 338 valence electrons. The van der Waals surface area contributed by atoms with Crippen LogP contribution in [0, 0.1) is 26.9 Å². The first-order valence-electron chi connectivity index (χ1n) is 21.8. The Labute approximate surface area is 379 Å². The smallest absolute Gasteiger partial charge is 0.293 e. The predicted molar refractivity (Wildman–Crippen MR) is 251 cm³/mol. The van der Waals surface area contributed by atoms with E-state index in [2.05, 4.69) is 76.6 Å². The Morgan fingerprint density at radius 3 is 2.48 bits per heavy atom. The van der Waals surface area contributed by atoms with Crippen LogP contribution in [-0.4, -0.2) is 86.1 Å². The number of aromatic amines is 1. The molecule has 3 N–H and O–H groups in total. The summed E-state index contributed by atoms with van der Waals surface area (Å²) in [4.78, 5) is 37.3. The van der Waals surface area contributed by atoms with Crippen molar-refractivity contribution in [2.45, 2.75) is 71.2 Å². The Balaban J connectivity index is 1.03. The quantitative estimate of drug-likeness (QED) is 0.0759. The second-order valence-corrected chi connectivity index (χ2v) is 20.8. The molecule has 16 heteroatoms. The zero-order valence-electron chi connectivity index (χ0n) is 36.9. The third-order valence-corrected chi connectivity index (χ3v) is 15.3. The number of nitro groups is 1. The average molecular weight is 911 g/mol. The number of sulfonamides is 1. The summed E-state index contributed by atoms with van der Waals surface area (Å²) in [6.45, 7) is 16.5. The number of pyridine rings is 1.